The fourth-order valence-corrected chi connectivity index (χ4v) is 5.63. The maximum absolute atomic E-state index is 2.65. The first-order valence-corrected chi connectivity index (χ1v) is 12.3. The molecule has 1 aromatic heterocycles. The molecule has 0 saturated carbocycles. The molecule has 1 aliphatic heterocycles. The number of aromatic nitrogens is 1. The van der Waals surface area contributed by atoms with Crippen LogP contribution in [0.5, 0.6) is 0 Å². The highest BCUT2D eigenvalue weighted by molar-refractivity contribution is 5.86. The van der Waals surface area contributed by atoms with Crippen LogP contribution in [0.15, 0.2) is 115 Å². The van der Waals surface area contributed by atoms with Crippen molar-refractivity contribution in [3.05, 3.63) is 143 Å². The number of para-hydroxylation sites is 1. The zero-order valence-corrected chi connectivity index (χ0v) is 19.5. The second-order valence-electron chi connectivity index (χ2n) is 9.39. The van der Waals surface area contributed by atoms with Gasteiger partial charge in [0, 0.05) is 48.7 Å². The summed E-state index contributed by atoms with van der Waals surface area (Å²) in [4.78, 5) is 2.65. The van der Waals surface area contributed by atoms with Crippen molar-refractivity contribution in [1.82, 2.24) is 9.47 Å². The molecule has 2 heterocycles. The van der Waals surface area contributed by atoms with E-state index in [-0.39, 0.29) is 0 Å². The van der Waals surface area contributed by atoms with Crippen molar-refractivity contribution >= 4 is 10.9 Å². The van der Waals surface area contributed by atoms with Gasteiger partial charge in [-0.1, -0.05) is 109 Å². The highest BCUT2D eigenvalue weighted by atomic mass is 15.1. The third kappa shape index (κ3) is 4.06. The average molecular weight is 443 g/mol. The summed E-state index contributed by atoms with van der Waals surface area (Å²) in [5, 5.41) is 1.41. The Bertz CT molecular complexity index is 1370. The van der Waals surface area contributed by atoms with Crippen LogP contribution in [0.4, 0.5) is 0 Å². The van der Waals surface area contributed by atoms with Crippen molar-refractivity contribution in [3.8, 4) is 0 Å². The summed E-state index contributed by atoms with van der Waals surface area (Å²) in [5.74, 6) is 0.332. The van der Waals surface area contributed by atoms with Gasteiger partial charge in [-0.2, -0.15) is 0 Å². The molecule has 0 N–H and O–H groups in total. The van der Waals surface area contributed by atoms with Gasteiger partial charge in [0.1, 0.15) is 0 Å². The van der Waals surface area contributed by atoms with Crippen molar-refractivity contribution in [3.63, 3.8) is 0 Å². The molecule has 0 aliphatic carbocycles. The Kier molecular flexibility index (Phi) is 5.74. The molecule has 1 unspecified atom stereocenters. The van der Waals surface area contributed by atoms with Gasteiger partial charge < -0.3 is 4.57 Å². The van der Waals surface area contributed by atoms with Crippen LogP contribution in [0, 0.1) is 0 Å². The van der Waals surface area contributed by atoms with Crippen molar-refractivity contribution in [2.24, 2.45) is 0 Å². The van der Waals surface area contributed by atoms with E-state index >= 15 is 0 Å². The lowest BCUT2D eigenvalue weighted by molar-refractivity contribution is 0.267. The van der Waals surface area contributed by atoms with E-state index in [1.54, 1.807) is 0 Å². The molecule has 1 atom stereocenters. The van der Waals surface area contributed by atoms with Gasteiger partial charge in [-0.05, 0) is 34.7 Å². The van der Waals surface area contributed by atoms with Gasteiger partial charge in [-0.25, -0.2) is 0 Å². The summed E-state index contributed by atoms with van der Waals surface area (Å²) >= 11 is 0. The first-order valence-electron chi connectivity index (χ1n) is 12.3. The number of benzene rings is 4. The summed E-state index contributed by atoms with van der Waals surface area (Å²) in [6, 6.07) is 41.9. The van der Waals surface area contributed by atoms with Crippen molar-refractivity contribution < 1.29 is 0 Å². The van der Waals surface area contributed by atoms with Crippen LogP contribution >= 0.6 is 0 Å². The van der Waals surface area contributed by atoms with Crippen LogP contribution < -0.4 is 0 Å². The third-order valence-corrected chi connectivity index (χ3v) is 7.20. The predicted octanol–water partition coefficient (Wildman–Crippen LogP) is 6.88. The van der Waals surface area contributed by atoms with Crippen molar-refractivity contribution in [1.29, 1.82) is 0 Å². The van der Waals surface area contributed by atoms with Crippen LogP contribution in [0.3, 0.4) is 0 Å². The average Bonchev–Trinajstić information content (AvgIpc) is 3.07. The fourth-order valence-electron chi connectivity index (χ4n) is 5.63. The molecule has 1 aliphatic rings. The Morgan fingerprint density at radius 3 is 1.91 bits per heavy atom. The molecule has 6 rings (SSSR count). The molecule has 168 valence electrons. The van der Waals surface area contributed by atoms with E-state index in [1.807, 2.05) is 0 Å². The lowest BCUT2D eigenvalue weighted by Crippen LogP contribution is -2.29. The van der Waals surface area contributed by atoms with Crippen LogP contribution in [-0.2, 0) is 19.5 Å². The van der Waals surface area contributed by atoms with E-state index < -0.39 is 0 Å². The summed E-state index contributed by atoms with van der Waals surface area (Å²) < 4.78 is 2.60. The molecule has 0 radical (unpaired) electrons. The Morgan fingerprint density at radius 1 is 0.618 bits per heavy atom. The SMILES string of the molecule is c1ccc(CN2CCc3c(n(Cc4ccccc4)c4ccccc34)C(c3ccccc3)C2)cc1. The molecule has 34 heavy (non-hydrogen) atoms. The molecule has 4 aromatic carbocycles. The number of hydrogen-bond acceptors (Lipinski definition) is 1. The van der Waals surface area contributed by atoms with Gasteiger partial charge in [0.25, 0.3) is 0 Å². The Labute approximate surface area is 202 Å². The van der Waals surface area contributed by atoms with Gasteiger partial charge in [0.2, 0.25) is 0 Å². The predicted molar refractivity (Wildman–Crippen MR) is 141 cm³/mol. The molecular weight excluding hydrogens is 412 g/mol. The first-order chi connectivity index (χ1) is 16.9. The summed E-state index contributed by atoms with van der Waals surface area (Å²) in [6.07, 6.45) is 1.08. The second kappa shape index (κ2) is 9.32. The van der Waals surface area contributed by atoms with Gasteiger partial charge >= 0.3 is 0 Å². The number of fused-ring (bicyclic) bond motifs is 3. The lowest BCUT2D eigenvalue weighted by atomic mass is 9.92. The maximum atomic E-state index is 2.65. The van der Waals surface area contributed by atoms with Crippen LogP contribution in [0.1, 0.15) is 33.9 Å². The van der Waals surface area contributed by atoms with Crippen molar-refractivity contribution in [2.75, 3.05) is 13.1 Å². The minimum atomic E-state index is 0.332. The smallest absolute Gasteiger partial charge is 0.0488 e. The summed E-state index contributed by atoms with van der Waals surface area (Å²) in [5.41, 5.74) is 8.51. The zero-order chi connectivity index (χ0) is 22.7. The maximum Gasteiger partial charge on any atom is 0.0488 e. The molecule has 2 heteroatoms. The van der Waals surface area contributed by atoms with E-state index in [1.165, 1.54) is 38.9 Å². The highest BCUT2D eigenvalue weighted by Crippen LogP contribution is 2.38. The summed E-state index contributed by atoms with van der Waals surface area (Å²) in [6.45, 7) is 3.99. The van der Waals surface area contributed by atoms with Crippen LogP contribution in [0.2, 0.25) is 0 Å². The van der Waals surface area contributed by atoms with E-state index in [0.29, 0.717) is 5.92 Å². The van der Waals surface area contributed by atoms with E-state index in [9.17, 15) is 0 Å². The first kappa shape index (κ1) is 20.9. The van der Waals surface area contributed by atoms with Crippen LogP contribution in [-0.4, -0.2) is 22.6 Å². The Morgan fingerprint density at radius 2 is 1.21 bits per heavy atom. The lowest BCUT2D eigenvalue weighted by Gasteiger charge is -2.27. The molecular formula is C32H30N2. The molecule has 0 bridgehead atoms. The van der Waals surface area contributed by atoms with Gasteiger partial charge in [0.15, 0.2) is 0 Å². The van der Waals surface area contributed by atoms with E-state index in [4.69, 9.17) is 0 Å². The normalized spacial score (nSPS) is 16.3. The number of nitrogens with zero attached hydrogens (tertiary/aromatic N) is 2. The quantitative estimate of drug-likeness (QED) is 0.288. The molecule has 2 nitrogen and oxygen atoms in total. The molecule has 5 aromatic rings. The fraction of sp³-hybridized carbons (Fsp3) is 0.188. The van der Waals surface area contributed by atoms with Gasteiger partial charge in [-0.3, -0.25) is 4.90 Å². The Balaban J connectivity index is 1.49. The summed E-state index contributed by atoms with van der Waals surface area (Å²) in [7, 11) is 0. The van der Waals surface area contributed by atoms with Gasteiger partial charge in [0.05, 0.1) is 0 Å². The minimum absolute atomic E-state index is 0.332. The molecule has 0 saturated heterocycles. The highest BCUT2D eigenvalue weighted by Gasteiger charge is 2.30. The molecule has 0 fully saturated rings. The molecule has 0 spiro atoms. The standard InChI is InChI=1S/C32H30N2/c1-4-12-25(13-5-1)22-33-21-20-29-28-18-10-11-19-31(28)34(23-26-14-6-2-7-15-26)32(29)30(24-33)27-16-8-3-9-17-27/h1-19,30H,20-24H2. The topological polar surface area (TPSA) is 8.17 Å². The molecule has 0 amide bonds. The Hall–Kier alpha value is -3.62. The number of hydrogen-bond donors (Lipinski definition) is 0. The van der Waals surface area contributed by atoms with Crippen molar-refractivity contribution in [2.45, 2.75) is 25.4 Å². The third-order valence-electron chi connectivity index (χ3n) is 7.20. The monoisotopic (exact) mass is 442 g/mol. The second-order valence-corrected chi connectivity index (χ2v) is 9.39. The number of rotatable bonds is 5. The van der Waals surface area contributed by atoms with E-state index in [0.717, 1.165) is 32.6 Å². The van der Waals surface area contributed by atoms with E-state index in [2.05, 4.69) is 125 Å². The van der Waals surface area contributed by atoms with Crippen LogP contribution in [0.25, 0.3) is 10.9 Å². The minimum Gasteiger partial charge on any atom is -0.339 e. The largest absolute Gasteiger partial charge is 0.339 e. The van der Waals surface area contributed by atoms with Gasteiger partial charge in [-0.15, -0.1) is 0 Å². The zero-order valence-electron chi connectivity index (χ0n) is 19.5.